The second-order valence-electron chi connectivity index (χ2n) is 5.83. The van der Waals surface area contributed by atoms with Crippen molar-refractivity contribution in [2.45, 2.75) is 46.2 Å². The van der Waals surface area contributed by atoms with Crippen LogP contribution in [0.1, 0.15) is 34.6 Å². The number of hydrogen-bond acceptors (Lipinski definition) is 2. The van der Waals surface area contributed by atoms with Gasteiger partial charge in [-0.1, -0.05) is 13.8 Å². The first-order chi connectivity index (χ1) is 6.73. The zero-order valence-corrected chi connectivity index (χ0v) is 10.9. The second-order valence-corrected chi connectivity index (χ2v) is 5.83. The zero-order chi connectivity index (χ0) is 11.8. The Labute approximate surface area is 93.4 Å². The van der Waals surface area contributed by atoms with Crippen LogP contribution in [0.5, 0.6) is 0 Å². The molecule has 0 bridgehead atoms. The summed E-state index contributed by atoms with van der Waals surface area (Å²) >= 11 is 0. The van der Waals surface area contributed by atoms with E-state index in [1.807, 2.05) is 18.7 Å². The van der Waals surface area contributed by atoms with Crippen LogP contribution in [0.3, 0.4) is 0 Å². The molecule has 0 atom stereocenters. The van der Waals surface area contributed by atoms with E-state index in [9.17, 15) is 4.79 Å². The molecule has 1 rings (SSSR count). The molecule has 1 saturated heterocycles. The standard InChI is InChI=1S/C12H24N2O/c1-9(2)11(15)14-7-10(8-14)13(6)12(3,4)5/h9-10H,7-8H2,1-6H3. The smallest absolute Gasteiger partial charge is 0.225 e. The highest BCUT2D eigenvalue weighted by Crippen LogP contribution is 2.22. The Balaban J connectivity index is 2.41. The molecule has 0 saturated carbocycles. The van der Waals surface area contributed by atoms with Crippen LogP contribution in [0.25, 0.3) is 0 Å². The first-order valence-electron chi connectivity index (χ1n) is 5.75. The maximum atomic E-state index is 11.7. The topological polar surface area (TPSA) is 23.6 Å². The van der Waals surface area contributed by atoms with Crippen molar-refractivity contribution in [1.82, 2.24) is 9.80 Å². The molecule has 0 aromatic heterocycles. The van der Waals surface area contributed by atoms with Crippen LogP contribution < -0.4 is 0 Å². The fraction of sp³-hybridized carbons (Fsp3) is 0.917. The Morgan fingerprint density at radius 3 is 2.13 bits per heavy atom. The number of rotatable bonds is 2. The Hall–Kier alpha value is -0.570. The zero-order valence-electron chi connectivity index (χ0n) is 10.9. The van der Waals surface area contributed by atoms with Crippen molar-refractivity contribution in [1.29, 1.82) is 0 Å². The summed E-state index contributed by atoms with van der Waals surface area (Å²) in [7, 11) is 2.14. The van der Waals surface area contributed by atoms with E-state index in [0.29, 0.717) is 6.04 Å². The van der Waals surface area contributed by atoms with Crippen molar-refractivity contribution in [3.8, 4) is 0 Å². The number of amides is 1. The molecule has 3 heteroatoms. The second kappa shape index (κ2) is 4.12. The van der Waals surface area contributed by atoms with Gasteiger partial charge >= 0.3 is 0 Å². The minimum absolute atomic E-state index is 0.130. The molecule has 1 aliphatic rings. The molecular formula is C12H24N2O. The van der Waals surface area contributed by atoms with Crippen LogP contribution in [0, 0.1) is 5.92 Å². The molecule has 0 aliphatic carbocycles. The average molecular weight is 212 g/mol. The molecule has 0 radical (unpaired) electrons. The van der Waals surface area contributed by atoms with Crippen molar-refractivity contribution in [3.63, 3.8) is 0 Å². The van der Waals surface area contributed by atoms with Crippen LogP contribution in [0.2, 0.25) is 0 Å². The number of likely N-dealkylation sites (tertiary alicyclic amines) is 1. The van der Waals surface area contributed by atoms with Gasteiger partial charge in [-0.3, -0.25) is 9.69 Å². The summed E-state index contributed by atoms with van der Waals surface area (Å²) in [5, 5.41) is 0. The van der Waals surface area contributed by atoms with E-state index >= 15 is 0 Å². The van der Waals surface area contributed by atoms with E-state index in [1.54, 1.807) is 0 Å². The Kier molecular flexibility index (Phi) is 3.44. The minimum atomic E-state index is 0.130. The molecule has 0 aromatic carbocycles. The molecule has 1 amide bonds. The lowest BCUT2D eigenvalue weighted by molar-refractivity contribution is -0.143. The van der Waals surface area contributed by atoms with Gasteiger partial charge in [-0.25, -0.2) is 0 Å². The predicted octanol–water partition coefficient (Wildman–Crippen LogP) is 1.58. The van der Waals surface area contributed by atoms with Gasteiger partial charge < -0.3 is 4.90 Å². The fourth-order valence-electron chi connectivity index (χ4n) is 1.79. The lowest BCUT2D eigenvalue weighted by atomic mass is 9.98. The molecule has 0 aromatic rings. The third kappa shape index (κ3) is 2.71. The van der Waals surface area contributed by atoms with Gasteiger partial charge in [0, 0.05) is 30.6 Å². The molecule has 1 heterocycles. The summed E-state index contributed by atoms with van der Waals surface area (Å²) in [6.45, 7) is 12.3. The molecule has 0 spiro atoms. The Bertz CT molecular complexity index is 236. The Morgan fingerprint density at radius 1 is 1.33 bits per heavy atom. The molecule has 88 valence electrons. The summed E-state index contributed by atoms with van der Waals surface area (Å²) in [5.41, 5.74) is 0.192. The van der Waals surface area contributed by atoms with Gasteiger partial charge in [0.25, 0.3) is 0 Å². The van der Waals surface area contributed by atoms with Crippen LogP contribution in [0.4, 0.5) is 0 Å². The largest absolute Gasteiger partial charge is 0.339 e. The van der Waals surface area contributed by atoms with E-state index in [1.165, 1.54) is 0 Å². The van der Waals surface area contributed by atoms with E-state index in [2.05, 4.69) is 32.7 Å². The number of carbonyl (C=O) groups excluding carboxylic acids is 1. The molecule has 15 heavy (non-hydrogen) atoms. The van der Waals surface area contributed by atoms with E-state index in [0.717, 1.165) is 13.1 Å². The minimum Gasteiger partial charge on any atom is -0.339 e. The van der Waals surface area contributed by atoms with Gasteiger partial charge in [-0.05, 0) is 27.8 Å². The summed E-state index contributed by atoms with van der Waals surface area (Å²) < 4.78 is 0. The predicted molar refractivity (Wildman–Crippen MR) is 62.7 cm³/mol. The first-order valence-corrected chi connectivity index (χ1v) is 5.75. The fourth-order valence-corrected chi connectivity index (χ4v) is 1.79. The van der Waals surface area contributed by atoms with Crippen LogP contribution in [0.15, 0.2) is 0 Å². The summed E-state index contributed by atoms with van der Waals surface area (Å²) in [4.78, 5) is 16.0. The summed E-state index contributed by atoms with van der Waals surface area (Å²) in [6.07, 6.45) is 0. The molecule has 0 unspecified atom stereocenters. The highest BCUT2D eigenvalue weighted by atomic mass is 16.2. The van der Waals surface area contributed by atoms with Crippen molar-refractivity contribution in [2.75, 3.05) is 20.1 Å². The first kappa shape index (κ1) is 12.5. The highest BCUT2D eigenvalue weighted by Gasteiger charge is 2.37. The number of likely N-dealkylation sites (N-methyl/N-ethyl adjacent to an activating group) is 1. The lowest BCUT2D eigenvalue weighted by Gasteiger charge is -2.49. The van der Waals surface area contributed by atoms with Crippen molar-refractivity contribution in [2.24, 2.45) is 5.92 Å². The molecular weight excluding hydrogens is 188 g/mol. The van der Waals surface area contributed by atoms with Gasteiger partial charge in [0.15, 0.2) is 0 Å². The van der Waals surface area contributed by atoms with Crippen LogP contribution in [-0.2, 0) is 4.79 Å². The SMILES string of the molecule is CC(C)C(=O)N1CC(N(C)C(C)(C)C)C1. The van der Waals surface area contributed by atoms with E-state index in [-0.39, 0.29) is 17.4 Å². The molecule has 1 aliphatic heterocycles. The van der Waals surface area contributed by atoms with E-state index < -0.39 is 0 Å². The average Bonchev–Trinajstić information content (AvgIpc) is 1.98. The molecule has 3 nitrogen and oxygen atoms in total. The Morgan fingerprint density at radius 2 is 1.80 bits per heavy atom. The van der Waals surface area contributed by atoms with Gasteiger partial charge in [-0.2, -0.15) is 0 Å². The summed E-state index contributed by atoms with van der Waals surface area (Å²) in [6, 6.07) is 0.535. The summed E-state index contributed by atoms with van der Waals surface area (Å²) in [5.74, 6) is 0.416. The van der Waals surface area contributed by atoms with Gasteiger partial charge in [0.05, 0.1) is 0 Å². The van der Waals surface area contributed by atoms with Crippen LogP contribution >= 0.6 is 0 Å². The van der Waals surface area contributed by atoms with Gasteiger partial charge in [0.1, 0.15) is 0 Å². The van der Waals surface area contributed by atoms with Crippen molar-refractivity contribution >= 4 is 5.91 Å². The highest BCUT2D eigenvalue weighted by molar-refractivity contribution is 5.79. The monoisotopic (exact) mass is 212 g/mol. The lowest BCUT2D eigenvalue weighted by Crippen LogP contribution is -2.64. The van der Waals surface area contributed by atoms with Crippen molar-refractivity contribution in [3.05, 3.63) is 0 Å². The maximum absolute atomic E-state index is 11.7. The quantitative estimate of drug-likeness (QED) is 0.694. The number of carbonyl (C=O) groups is 1. The van der Waals surface area contributed by atoms with Crippen molar-refractivity contribution < 1.29 is 4.79 Å². The molecule has 0 N–H and O–H groups in total. The van der Waals surface area contributed by atoms with Gasteiger partial charge in [-0.15, -0.1) is 0 Å². The number of nitrogens with zero attached hydrogens (tertiary/aromatic N) is 2. The van der Waals surface area contributed by atoms with Crippen LogP contribution in [-0.4, -0.2) is 47.4 Å². The third-order valence-electron chi connectivity index (χ3n) is 3.27. The maximum Gasteiger partial charge on any atom is 0.225 e. The van der Waals surface area contributed by atoms with Gasteiger partial charge in [0.2, 0.25) is 5.91 Å². The third-order valence-corrected chi connectivity index (χ3v) is 3.27. The van der Waals surface area contributed by atoms with E-state index in [4.69, 9.17) is 0 Å². The number of hydrogen-bond donors (Lipinski definition) is 0. The normalized spacial score (nSPS) is 18.5. The molecule has 1 fully saturated rings.